The van der Waals surface area contributed by atoms with Crippen molar-refractivity contribution in [1.82, 2.24) is 14.8 Å². The van der Waals surface area contributed by atoms with Gasteiger partial charge in [0.05, 0.1) is 6.54 Å². The molecule has 0 unspecified atom stereocenters. The number of hydrogen-bond acceptors (Lipinski definition) is 4. The zero-order valence-corrected chi connectivity index (χ0v) is 13.0. The monoisotopic (exact) mass is 319 g/mol. The average molecular weight is 319 g/mol. The summed E-state index contributed by atoms with van der Waals surface area (Å²) in [5, 5.41) is 7.02. The molecule has 3 heterocycles. The second-order valence-electron chi connectivity index (χ2n) is 5.92. The Morgan fingerprint density at radius 1 is 1.21 bits per heavy atom. The van der Waals surface area contributed by atoms with Crippen molar-refractivity contribution in [3.05, 3.63) is 71.5 Å². The van der Waals surface area contributed by atoms with E-state index in [-0.39, 0.29) is 11.8 Å². The highest BCUT2D eigenvalue weighted by Crippen LogP contribution is 2.36. The summed E-state index contributed by atoms with van der Waals surface area (Å²) in [5.41, 5.74) is 8.99. The highest BCUT2D eigenvalue weighted by Gasteiger charge is 2.27. The van der Waals surface area contributed by atoms with Crippen molar-refractivity contribution in [3.8, 4) is 0 Å². The minimum absolute atomic E-state index is 0.000559. The number of nitrogens with two attached hydrogens (primary N) is 1. The van der Waals surface area contributed by atoms with Crippen LogP contribution in [0.5, 0.6) is 0 Å². The predicted octanol–water partition coefficient (Wildman–Crippen LogP) is 2.38. The van der Waals surface area contributed by atoms with Gasteiger partial charge in [0.15, 0.2) is 0 Å². The Morgan fingerprint density at radius 2 is 2.04 bits per heavy atom. The molecule has 24 heavy (non-hydrogen) atoms. The molecule has 0 spiro atoms. The van der Waals surface area contributed by atoms with Crippen LogP contribution in [0, 0.1) is 0 Å². The molecule has 1 aliphatic rings. The summed E-state index contributed by atoms with van der Waals surface area (Å²) >= 11 is 0. The van der Waals surface area contributed by atoms with Crippen molar-refractivity contribution < 1.29 is 4.79 Å². The summed E-state index contributed by atoms with van der Waals surface area (Å²) in [7, 11) is 0. The standard InChI is InChI=1S/C18H17N5O/c19-16-7-6-14-15(10-17(24)22-18(14)21-16)13-4-2-12(3-5-13)11-23-9-1-8-20-23/h1-9,15H,10-11H2,(H3,19,21,22,24)/t15-/m1/s1. The van der Waals surface area contributed by atoms with Crippen molar-refractivity contribution in [2.45, 2.75) is 18.9 Å². The second kappa shape index (κ2) is 5.81. The number of nitrogen functional groups attached to an aromatic ring is 1. The number of aromatic nitrogens is 3. The number of carbonyl (C=O) groups is 1. The van der Waals surface area contributed by atoms with E-state index in [1.165, 1.54) is 5.56 Å². The molecule has 1 atom stereocenters. The fourth-order valence-electron chi connectivity index (χ4n) is 3.08. The molecule has 6 heteroatoms. The molecule has 6 nitrogen and oxygen atoms in total. The highest BCUT2D eigenvalue weighted by atomic mass is 16.1. The van der Waals surface area contributed by atoms with Crippen LogP contribution < -0.4 is 11.1 Å². The minimum Gasteiger partial charge on any atom is -0.384 e. The zero-order valence-electron chi connectivity index (χ0n) is 13.0. The molecule has 1 amide bonds. The van der Waals surface area contributed by atoms with Crippen molar-refractivity contribution in [2.75, 3.05) is 11.1 Å². The number of amides is 1. The molecular formula is C18H17N5O. The Bertz CT molecular complexity index is 871. The van der Waals surface area contributed by atoms with Crippen LogP contribution in [0.15, 0.2) is 54.9 Å². The van der Waals surface area contributed by atoms with Crippen LogP contribution in [-0.4, -0.2) is 20.7 Å². The number of rotatable bonds is 3. The maximum absolute atomic E-state index is 12.0. The van der Waals surface area contributed by atoms with Gasteiger partial charge in [-0.1, -0.05) is 30.3 Å². The largest absolute Gasteiger partial charge is 0.384 e. The Balaban J connectivity index is 1.63. The van der Waals surface area contributed by atoms with E-state index in [1.807, 2.05) is 23.0 Å². The molecule has 1 aromatic carbocycles. The quantitative estimate of drug-likeness (QED) is 0.776. The average Bonchev–Trinajstić information content (AvgIpc) is 3.07. The van der Waals surface area contributed by atoms with Crippen molar-refractivity contribution in [2.24, 2.45) is 0 Å². The molecule has 3 N–H and O–H groups in total. The van der Waals surface area contributed by atoms with E-state index in [2.05, 4.69) is 39.7 Å². The third-order valence-corrected chi connectivity index (χ3v) is 4.26. The van der Waals surface area contributed by atoms with Gasteiger partial charge in [0.25, 0.3) is 0 Å². The third-order valence-electron chi connectivity index (χ3n) is 4.26. The van der Waals surface area contributed by atoms with Crippen LogP contribution in [0.4, 0.5) is 11.6 Å². The molecule has 0 radical (unpaired) electrons. The van der Waals surface area contributed by atoms with Gasteiger partial charge in [-0.15, -0.1) is 0 Å². The van der Waals surface area contributed by atoms with Gasteiger partial charge in [0.1, 0.15) is 11.6 Å². The van der Waals surface area contributed by atoms with E-state index >= 15 is 0 Å². The number of carbonyl (C=O) groups excluding carboxylic acids is 1. The lowest BCUT2D eigenvalue weighted by molar-refractivity contribution is -0.116. The van der Waals surface area contributed by atoms with E-state index in [0.29, 0.717) is 18.1 Å². The van der Waals surface area contributed by atoms with Gasteiger partial charge >= 0.3 is 0 Å². The molecule has 3 aromatic rings. The number of nitrogens with zero attached hydrogens (tertiary/aromatic N) is 3. The summed E-state index contributed by atoms with van der Waals surface area (Å²) < 4.78 is 1.88. The fraction of sp³-hybridized carbons (Fsp3) is 0.167. The lowest BCUT2D eigenvalue weighted by Crippen LogP contribution is -2.24. The lowest BCUT2D eigenvalue weighted by atomic mass is 9.86. The summed E-state index contributed by atoms with van der Waals surface area (Å²) in [6.07, 6.45) is 4.12. The smallest absolute Gasteiger partial charge is 0.226 e. The maximum atomic E-state index is 12.0. The van der Waals surface area contributed by atoms with Gasteiger partial charge in [-0.2, -0.15) is 5.10 Å². The Kier molecular flexibility index (Phi) is 3.49. The molecule has 120 valence electrons. The molecule has 4 rings (SSSR count). The molecule has 0 fully saturated rings. The molecule has 0 saturated carbocycles. The Morgan fingerprint density at radius 3 is 2.79 bits per heavy atom. The van der Waals surface area contributed by atoms with E-state index < -0.39 is 0 Å². The van der Waals surface area contributed by atoms with Crippen LogP contribution in [0.3, 0.4) is 0 Å². The van der Waals surface area contributed by atoms with Crippen LogP contribution in [-0.2, 0) is 11.3 Å². The first-order chi connectivity index (χ1) is 11.7. The van der Waals surface area contributed by atoms with Gasteiger partial charge in [-0.05, 0) is 23.3 Å². The molecule has 0 saturated heterocycles. The first-order valence-electron chi connectivity index (χ1n) is 7.81. The minimum atomic E-state index is -0.0359. The number of anilines is 2. The van der Waals surface area contributed by atoms with E-state index in [0.717, 1.165) is 17.7 Å². The Hall–Kier alpha value is -3.15. The molecular weight excluding hydrogens is 302 g/mol. The van der Waals surface area contributed by atoms with E-state index in [9.17, 15) is 4.79 Å². The lowest BCUT2D eigenvalue weighted by Gasteiger charge is -2.25. The van der Waals surface area contributed by atoms with Crippen molar-refractivity contribution in [1.29, 1.82) is 0 Å². The van der Waals surface area contributed by atoms with Gasteiger partial charge in [-0.3, -0.25) is 9.48 Å². The summed E-state index contributed by atoms with van der Waals surface area (Å²) in [4.78, 5) is 16.2. The molecule has 0 aliphatic carbocycles. The number of hydrogen-bond donors (Lipinski definition) is 2. The van der Waals surface area contributed by atoms with Gasteiger partial charge in [0, 0.05) is 30.3 Å². The molecule has 0 bridgehead atoms. The van der Waals surface area contributed by atoms with Crippen LogP contribution in [0.25, 0.3) is 0 Å². The van der Waals surface area contributed by atoms with Gasteiger partial charge in [-0.25, -0.2) is 4.98 Å². The van der Waals surface area contributed by atoms with Crippen molar-refractivity contribution >= 4 is 17.5 Å². The van der Waals surface area contributed by atoms with Gasteiger partial charge in [0.2, 0.25) is 5.91 Å². The first kappa shape index (κ1) is 14.4. The zero-order chi connectivity index (χ0) is 16.5. The summed E-state index contributed by atoms with van der Waals surface area (Å²) in [6.45, 7) is 0.729. The number of nitrogens with one attached hydrogen (secondary N) is 1. The SMILES string of the molecule is Nc1ccc2c(n1)NC(=O)C[C@@H]2c1ccc(Cn2cccn2)cc1. The van der Waals surface area contributed by atoms with Crippen LogP contribution in [0.1, 0.15) is 29.0 Å². The molecule has 1 aliphatic heterocycles. The van der Waals surface area contributed by atoms with Gasteiger partial charge < -0.3 is 11.1 Å². The van der Waals surface area contributed by atoms with Crippen LogP contribution >= 0.6 is 0 Å². The van der Waals surface area contributed by atoms with Crippen molar-refractivity contribution in [3.63, 3.8) is 0 Å². The summed E-state index contributed by atoms with van der Waals surface area (Å²) in [6, 6.07) is 13.9. The van der Waals surface area contributed by atoms with E-state index in [4.69, 9.17) is 5.73 Å². The Labute approximate surface area is 139 Å². The third kappa shape index (κ3) is 2.74. The first-order valence-corrected chi connectivity index (χ1v) is 7.81. The number of benzene rings is 1. The maximum Gasteiger partial charge on any atom is 0.226 e. The summed E-state index contributed by atoms with van der Waals surface area (Å²) in [5.74, 6) is 0.938. The number of fused-ring (bicyclic) bond motifs is 1. The molecule has 2 aromatic heterocycles. The highest BCUT2D eigenvalue weighted by molar-refractivity contribution is 5.94. The second-order valence-corrected chi connectivity index (χ2v) is 5.92. The topological polar surface area (TPSA) is 85.8 Å². The predicted molar refractivity (Wildman–Crippen MR) is 91.5 cm³/mol. The normalized spacial score (nSPS) is 16.5. The number of pyridine rings is 1. The fourth-order valence-corrected chi connectivity index (χ4v) is 3.08. The van der Waals surface area contributed by atoms with E-state index in [1.54, 1.807) is 12.3 Å². The van der Waals surface area contributed by atoms with Crippen LogP contribution in [0.2, 0.25) is 0 Å².